The molecule has 23 heavy (non-hydrogen) atoms. The average molecular weight is 327 g/mol. The molecule has 2 N–H and O–H groups in total. The Morgan fingerprint density at radius 1 is 0.870 bits per heavy atom. The van der Waals surface area contributed by atoms with Crippen molar-refractivity contribution in [1.29, 1.82) is 0 Å². The Morgan fingerprint density at radius 3 is 2.04 bits per heavy atom. The highest BCUT2D eigenvalue weighted by Crippen LogP contribution is 2.19. The highest BCUT2D eigenvalue weighted by molar-refractivity contribution is 7.80. The van der Waals surface area contributed by atoms with Crippen molar-refractivity contribution in [3.8, 4) is 0 Å². The quantitative estimate of drug-likeness (QED) is 0.728. The number of anilines is 1. The lowest BCUT2D eigenvalue weighted by molar-refractivity contribution is 0.721. The number of hydrogen-bond acceptors (Lipinski definition) is 1. The first-order chi connectivity index (χ1) is 10.9. The summed E-state index contributed by atoms with van der Waals surface area (Å²) >= 11 is 5.43. The molecule has 1 atom stereocenters. The summed E-state index contributed by atoms with van der Waals surface area (Å²) in [6.07, 6.45) is 0. The Kier molecular flexibility index (Phi) is 5.78. The van der Waals surface area contributed by atoms with E-state index in [-0.39, 0.29) is 6.04 Å². The Labute approximate surface area is 145 Å². The van der Waals surface area contributed by atoms with Crippen molar-refractivity contribution in [3.63, 3.8) is 0 Å². The molecular weight excluding hydrogens is 300 g/mol. The SMILES string of the molecule is Cc1ccc([C@@H](C)NC(=S)Nc2ccc(C(C)C)cc2)cc1C. The maximum absolute atomic E-state index is 5.43. The van der Waals surface area contributed by atoms with Gasteiger partial charge in [-0.3, -0.25) is 0 Å². The second-order valence-corrected chi connectivity index (χ2v) is 6.85. The highest BCUT2D eigenvalue weighted by atomic mass is 32.1. The molecule has 2 aromatic rings. The van der Waals surface area contributed by atoms with Crippen LogP contribution in [0.3, 0.4) is 0 Å². The summed E-state index contributed by atoms with van der Waals surface area (Å²) in [4.78, 5) is 0. The van der Waals surface area contributed by atoms with Crippen molar-refractivity contribution < 1.29 is 0 Å². The van der Waals surface area contributed by atoms with E-state index < -0.39 is 0 Å². The van der Waals surface area contributed by atoms with Gasteiger partial charge >= 0.3 is 0 Å². The number of rotatable bonds is 4. The zero-order valence-electron chi connectivity index (χ0n) is 14.6. The molecule has 0 aliphatic carbocycles. The molecule has 0 aliphatic heterocycles. The summed E-state index contributed by atoms with van der Waals surface area (Å²) in [5, 5.41) is 7.25. The van der Waals surface area contributed by atoms with Crippen LogP contribution < -0.4 is 10.6 Å². The normalized spacial score (nSPS) is 12.1. The van der Waals surface area contributed by atoms with Gasteiger partial charge in [0.05, 0.1) is 6.04 Å². The second kappa shape index (κ2) is 7.60. The molecule has 0 radical (unpaired) electrons. The van der Waals surface area contributed by atoms with E-state index in [1.807, 2.05) is 0 Å². The van der Waals surface area contributed by atoms with E-state index in [0.717, 1.165) is 5.69 Å². The van der Waals surface area contributed by atoms with Crippen molar-refractivity contribution >= 4 is 23.0 Å². The predicted octanol–water partition coefficient (Wildman–Crippen LogP) is 5.47. The molecule has 2 rings (SSSR count). The van der Waals surface area contributed by atoms with Crippen molar-refractivity contribution in [2.45, 2.75) is 46.6 Å². The van der Waals surface area contributed by atoms with Crippen molar-refractivity contribution in [1.82, 2.24) is 5.32 Å². The van der Waals surface area contributed by atoms with Crippen LogP contribution in [0.2, 0.25) is 0 Å². The van der Waals surface area contributed by atoms with Crippen molar-refractivity contribution in [3.05, 3.63) is 64.7 Å². The van der Waals surface area contributed by atoms with E-state index in [1.54, 1.807) is 0 Å². The van der Waals surface area contributed by atoms with Crippen LogP contribution in [0.1, 0.15) is 55.0 Å². The molecule has 0 fully saturated rings. The van der Waals surface area contributed by atoms with Gasteiger partial charge in [-0.2, -0.15) is 0 Å². The largest absolute Gasteiger partial charge is 0.356 e. The fourth-order valence-corrected chi connectivity index (χ4v) is 2.73. The summed E-state index contributed by atoms with van der Waals surface area (Å²) in [5.41, 5.74) is 6.20. The minimum absolute atomic E-state index is 0.171. The monoisotopic (exact) mass is 326 g/mol. The molecule has 2 nitrogen and oxygen atoms in total. The first kappa shape index (κ1) is 17.5. The molecule has 0 saturated carbocycles. The highest BCUT2D eigenvalue weighted by Gasteiger charge is 2.08. The third-order valence-electron chi connectivity index (χ3n) is 4.21. The number of aryl methyl sites for hydroxylation is 2. The number of thiocarbonyl (C=S) groups is 1. The van der Waals surface area contributed by atoms with Gasteiger partial charge in [0.15, 0.2) is 5.11 Å². The van der Waals surface area contributed by atoms with Crippen LogP contribution in [0.4, 0.5) is 5.69 Å². The van der Waals surface area contributed by atoms with Crippen LogP contribution in [-0.4, -0.2) is 5.11 Å². The van der Waals surface area contributed by atoms with Crippen molar-refractivity contribution in [2.75, 3.05) is 5.32 Å². The van der Waals surface area contributed by atoms with Crippen LogP contribution in [0.15, 0.2) is 42.5 Å². The Balaban J connectivity index is 1.97. The second-order valence-electron chi connectivity index (χ2n) is 6.44. The molecule has 0 heterocycles. The molecule has 2 aromatic carbocycles. The predicted molar refractivity (Wildman–Crippen MR) is 104 cm³/mol. The molecule has 0 aromatic heterocycles. The summed E-state index contributed by atoms with van der Waals surface area (Å²) in [6, 6.07) is 15.1. The van der Waals surface area contributed by atoms with Gasteiger partial charge < -0.3 is 10.6 Å². The summed E-state index contributed by atoms with van der Waals surface area (Å²) in [6.45, 7) is 10.8. The maximum atomic E-state index is 5.43. The molecule has 0 aliphatic rings. The lowest BCUT2D eigenvalue weighted by Gasteiger charge is -2.18. The first-order valence-electron chi connectivity index (χ1n) is 8.11. The van der Waals surface area contributed by atoms with E-state index in [0.29, 0.717) is 11.0 Å². The Morgan fingerprint density at radius 2 is 1.48 bits per heavy atom. The van der Waals surface area contributed by atoms with Gasteiger partial charge in [0, 0.05) is 5.69 Å². The van der Waals surface area contributed by atoms with E-state index in [2.05, 4.69) is 87.7 Å². The Hall–Kier alpha value is -1.87. The minimum atomic E-state index is 0.171. The summed E-state index contributed by atoms with van der Waals surface area (Å²) < 4.78 is 0. The fourth-order valence-electron chi connectivity index (χ4n) is 2.43. The molecule has 0 amide bonds. The van der Waals surface area contributed by atoms with Crippen LogP contribution >= 0.6 is 12.2 Å². The summed E-state index contributed by atoms with van der Waals surface area (Å²) in [7, 11) is 0. The van der Waals surface area contributed by atoms with Gasteiger partial charge in [-0.05, 0) is 73.3 Å². The topological polar surface area (TPSA) is 24.1 Å². The average Bonchev–Trinajstić information content (AvgIpc) is 2.50. The van der Waals surface area contributed by atoms with E-state index in [1.165, 1.54) is 22.3 Å². The Bertz CT molecular complexity index is 675. The standard InChI is InChI=1S/C20H26N2S/c1-13(2)17-8-10-19(11-9-17)22-20(23)21-16(5)18-7-6-14(3)15(4)12-18/h6-13,16H,1-5H3,(H2,21,22,23)/t16-/m1/s1. The van der Waals surface area contributed by atoms with Gasteiger partial charge in [0.25, 0.3) is 0 Å². The molecule has 122 valence electrons. The smallest absolute Gasteiger partial charge is 0.171 e. The van der Waals surface area contributed by atoms with E-state index in [9.17, 15) is 0 Å². The van der Waals surface area contributed by atoms with Gasteiger partial charge in [0.1, 0.15) is 0 Å². The molecule has 0 spiro atoms. The minimum Gasteiger partial charge on any atom is -0.356 e. The number of nitrogens with one attached hydrogen (secondary N) is 2. The van der Waals surface area contributed by atoms with E-state index >= 15 is 0 Å². The lowest BCUT2D eigenvalue weighted by Crippen LogP contribution is -2.30. The molecule has 0 bridgehead atoms. The molecular formula is C20H26N2S. The molecule has 3 heteroatoms. The number of hydrogen-bond donors (Lipinski definition) is 2. The van der Waals surface area contributed by atoms with Crippen LogP contribution in [0.5, 0.6) is 0 Å². The van der Waals surface area contributed by atoms with Crippen LogP contribution in [0, 0.1) is 13.8 Å². The van der Waals surface area contributed by atoms with Crippen LogP contribution in [-0.2, 0) is 0 Å². The number of benzene rings is 2. The third kappa shape index (κ3) is 4.80. The lowest BCUT2D eigenvalue weighted by atomic mass is 10.0. The van der Waals surface area contributed by atoms with Gasteiger partial charge in [-0.1, -0.05) is 44.2 Å². The molecule has 0 saturated heterocycles. The van der Waals surface area contributed by atoms with Gasteiger partial charge in [-0.15, -0.1) is 0 Å². The first-order valence-corrected chi connectivity index (χ1v) is 8.52. The summed E-state index contributed by atoms with van der Waals surface area (Å²) in [5.74, 6) is 0.541. The maximum Gasteiger partial charge on any atom is 0.171 e. The third-order valence-corrected chi connectivity index (χ3v) is 4.43. The fraction of sp³-hybridized carbons (Fsp3) is 0.350. The van der Waals surface area contributed by atoms with Crippen LogP contribution in [0.25, 0.3) is 0 Å². The van der Waals surface area contributed by atoms with Gasteiger partial charge in [-0.25, -0.2) is 0 Å². The van der Waals surface area contributed by atoms with E-state index in [4.69, 9.17) is 12.2 Å². The molecule has 0 unspecified atom stereocenters. The van der Waals surface area contributed by atoms with Gasteiger partial charge in [0.2, 0.25) is 0 Å². The van der Waals surface area contributed by atoms with Crippen molar-refractivity contribution in [2.24, 2.45) is 0 Å². The zero-order chi connectivity index (χ0) is 17.0. The zero-order valence-corrected chi connectivity index (χ0v) is 15.4.